The molecule has 0 unspecified atom stereocenters. The van der Waals surface area contributed by atoms with E-state index in [-0.39, 0.29) is 36.2 Å². The van der Waals surface area contributed by atoms with E-state index in [0.717, 1.165) is 38.5 Å². The zero-order chi connectivity index (χ0) is 18.7. The van der Waals surface area contributed by atoms with E-state index in [9.17, 15) is 19.5 Å². The molecular formula is C20H32O5. The molecule has 0 bridgehead atoms. The van der Waals surface area contributed by atoms with Gasteiger partial charge >= 0.3 is 5.97 Å². The van der Waals surface area contributed by atoms with Crippen LogP contribution in [0.1, 0.15) is 77.6 Å². The summed E-state index contributed by atoms with van der Waals surface area (Å²) in [5.74, 6) is -1.11. The predicted molar refractivity (Wildman–Crippen MR) is 96.2 cm³/mol. The van der Waals surface area contributed by atoms with Crippen molar-refractivity contribution in [1.82, 2.24) is 0 Å². The molecule has 5 nitrogen and oxygen atoms in total. The molecule has 2 N–H and O–H groups in total. The van der Waals surface area contributed by atoms with Crippen LogP contribution in [0.25, 0.3) is 0 Å². The molecular weight excluding hydrogens is 320 g/mol. The van der Waals surface area contributed by atoms with Crippen LogP contribution in [0.5, 0.6) is 0 Å². The maximum absolute atomic E-state index is 12.1. The fraction of sp³-hybridized carbons (Fsp3) is 0.750. The molecule has 25 heavy (non-hydrogen) atoms. The number of rotatable bonds is 13. The van der Waals surface area contributed by atoms with Crippen molar-refractivity contribution in [1.29, 1.82) is 0 Å². The number of aliphatic hydroxyl groups excluding tert-OH is 1. The van der Waals surface area contributed by atoms with Crippen LogP contribution in [0.15, 0.2) is 12.2 Å². The van der Waals surface area contributed by atoms with Crippen LogP contribution in [0, 0.1) is 11.8 Å². The molecule has 0 amide bonds. The van der Waals surface area contributed by atoms with Gasteiger partial charge in [0.2, 0.25) is 0 Å². The Morgan fingerprint density at radius 1 is 1.08 bits per heavy atom. The fourth-order valence-electron chi connectivity index (χ4n) is 3.44. The Labute approximate surface area is 150 Å². The summed E-state index contributed by atoms with van der Waals surface area (Å²) in [6, 6.07) is 0. The smallest absolute Gasteiger partial charge is 0.303 e. The van der Waals surface area contributed by atoms with Gasteiger partial charge in [-0.25, -0.2) is 0 Å². The van der Waals surface area contributed by atoms with Gasteiger partial charge in [0.25, 0.3) is 0 Å². The molecule has 0 aromatic carbocycles. The Kier molecular flexibility index (Phi) is 10.3. The number of aliphatic hydroxyl groups is 1. The minimum absolute atomic E-state index is 0.0624. The van der Waals surface area contributed by atoms with E-state index in [0.29, 0.717) is 19.3 Å². The maximum Gasteiger partial charge on any atom is 0.303 e. The predicted octanol–water partition coefficient (Wildman–Crippen LogP) is 3.68. The second-order valence-electron chi connectivity index (χ2n) is 7.05. The number of Topliss-reactive ketones (excluding diaryl/α,β-unsaturated/α-hetero) is 1. The Hall–Kier alpha value is -1.49. The molecule has 0 aromatic rings. The van der Waals surface area contributed by atoms with E-state index < -0.39 is 12.1 Å². The van der Waals surface area contributed by atoms with Crippen LogP contribution in [0.3, 0.4) is 0 Å². The normalized spacial score (nSPS) is 23.4. The van der Waals surface area contributed by atoms with Crippen molar-refractivity contribution in [2.24, 2.45) is 11.8 Å². The summed E-state index contributed by atoms with van der Waals surface area (Å²) in [5, 5.41) is 18.7. The Bertz CT molecular complexity index is 469. The fourth-order valence-corrected chi connectivity index (χ4v) is 3.44. The van der Waals surface area contributed by atoms with Crippen molar-refractivity contribution in [3.8, 4) is 0 Å². The largest absolute Gasteiger partial charge is 0.481 e. The average molecular weight is 352 g/mol. The first-order valence-electron chi connectivity index (χ1n) is 9.59. The third kappa shape index (κ3) is 8.43. The number of carbonyl (C=O) groups is 3. The third-order valence-corrected chi connectivity index (χ3v) is 4.92. The van der Waals surface area contributed by atoms with Crippen molar-refractivity contribution < 1.29 is 24.6 Å². The highest BCUT2D eigenvalue weighted by molar-refractivity contribution is 5.90. The molecule has 0 radical (unpaired) electrons. The molecule has 1 rings (SSSR count). The lowest BCUT2D eigenvalue weighted by atomic mass is 9.88. The minimum atomic E-state index is -0.775. The molecule has 1 aliphatic rings. The highest BCUT2D eigenvalue weighted by Crippen LogP contribution is 2.34. The highest BCUT2D eigenvalue weighted by Gasteiger charge is 2.39. The molecule has 1 fully saturated rings. The number of carbonyl (C=O) groups excluding carboxylic acids is 2. The quantitative estimate of drug-likeness (QED) is 0.390. The number of carboxylic acids is 1. The summed E-state index contributed by atoms with van der Waals surface area (Å²) in [7, 11) is 0. The number of aliphatic carboxylic acids is 1. The van der Waals surface area contributed by atoms with E-state index >= 15 is 0 Å². The average Bonchev–Trinajstić information content (AvgIpc) is 2.82. The van der Waals surface area contributed by atoms with E-state index in [1.807, 2.05) is 0 Å². The molecule has 1 saturated carbocycles. The van der Waals surface area contributed by atoms with Gasteiger partial charge in [0, 0.05) is 31.1 Å². The van der Waals surface area contributed by atoms with Crippen LogP contribution in [0.4, 0.5) is 0 Å². The Morgan fingerprint density at radius 2 is 1.76 bits per heavy atom. The number of hydrogen-bond donors (Lipinski definition) is 2. The summed E-state index contributed by atoms with van der Waals surface area (Å²) in [4.78, 5) is 34.4. The SMILES string of the molecule is CCCCCC(=O)C=C[C@H]1[C@H](O)CC(=O)[C@@H]1CCCCCCC(=O)O. The number of hydrogen-bond acceptors (Lipinski definition) is 4. The van der Waals surface area contributed by atoms with Crippen molar-refractivity contribution in [2.45, 2.75) is 83.7 Å². The second-order valence-corrected chi connectivity index (χ2v) is 7.05. The summed E-state index contributed by atoms with van der Waals surface area (Å²) in [5.41, 5.74) is 0. The summed E-state index contributed by atoms with van der Waals surface area (Å²) >= 11 is 0. The molecule has 0 aliphatic heterocycles. The van der Waals surface area contributed by atoms with Gasteiger partial charge in [0.1, 0.15) is 5.78 Å². The lowest BCUT2D eigenvalue weighted by molar-refractivity contribution is -0.137. The number of unbranched alkanes of at least 4 members (excludes halogenated alkanes) is 5. The zero-order valence-electron chi connectivity index (χ0n) is 15.3. The molecule has 0 aromatic heterocycles. The minimum Gasteiger partial charge on any atom is -0.481 e. The molecule has 0 saturated heterocycles. The van der Waals surface area contributed by atoms with Crippen LogP contribution in [0.2, 0.25) is 0 Å². The first-order valence-corrected chi connectivity index (χ1v) is 9.59. The summed E-state index contributed by atoms with van der Waals surface area (Å²) in [6.07, 6.45) is 10.4. The van der Waals surface area contributed by atoms with Gasteiger partial charge in [0.15, 0.2) is 5.78 Å². The van der Waals surface area contributed by atoms with Crippen LogP contribution < -0.4 is 0 Å². The number of carboxylic acid groups (broad SMARTS) is 1. The topological polar surface area (TPSA) is 91.7 Å². The van der Waals surface area contributed by atoms with Gasteiger partial charge in [-0.15, -0.1) is 0 Å². The van der Waals surface area contributed by atoms with Gasteiger partial charge < -0.3 is 10.2 Å². The summed E-state index contributed by atoms with van der Waals surface area (Å²) < 4.78 is 0. The zero-order valence-corrected chi connectivity index (χ0v) is 15.3. The molecule has 142 valence electrons. The van der Waals surface area contributed by atoms with Crippen molar-refractivity contribution >= 4 is 17.5 Å². The summed E-state index contributed by atoms with van der Waals surface area (Å²) in [6.45, 7) is 2.09. The van der Waals surface area contributed by atoms with E-state index in [1.165, 1.54) is 0 Å². The number of allylic oxidation sites excluding steroid dienone is 1. The molecule has 5 heteroatoms. The molecule has 1 aliphatic carbocycles. The first-order chi connectivity index (χ1) is 12.0. The van der Waals surface area contributed by atoms with Gasteiger partial charge in [-0.1, -0.05) is 45.1 Å². The van der Waals surface area contributed by atoms with Crippen LogP contribution in [-0.4, -0.2) is 33.9 Å². The highest BCUT2D eigenvalue weighted by atomic mass is 16.4. The van der Waals surface area contributed by atoms with Crippen LogP contribution >= 0.6 is 0 Å². The Morgan fingerprint density at radius 3 is 2.44 bits per heavy atom. The van der Waals surface area contributed by atoms with Gasteiger partial charge in [-0.3, -0.25) is 14.4 Å². The van der Waals surface area contributed by atoms with Crippen LogP contribution in [-0.2, 0) is 14.4 Å². The van der Waals surface area contributed by atoms with Crippen molar-refractivity contribution in [3.63, 3.8) is 0 Å². The lowest BCUT2D eigenvalue weighted by Crippen LogP contribution is -2.19. The third-order valence-electron chi connectivity index (χ3n) is 4.92. The van der Waals surface area contributed by atoms with Crippen molar-refractivity contribution in [2.75, 3.05) is 0 Å². The van der Waals surface area contributed by atoms with Crippen molar-refractivity contribution in [3.05, 3.63) is 12.2 Å². The molecule has 0 heterocycles. The van der Waals surface area contributed by atoms with Gasteiger partial charge in [0.05, 0.1) is 6.10 Å². The van der Waals surface area contributed by atoms with E-state index in [1.54, 1.807) is 12.2 Å². The van der Waals surface area contributed by atoms with Gasteiger partial charge in [-0.2, -0.15) is 0 Å². The standard InChI is InChI=1S/C20H32O5/c1-2-3-6-9-15(21)12-13-17-16(18(22)14-19(17)23)10-7-4-5-8-11-20(24)25/h12-13,16-17,19,23H,2-11,14H2,1H3,(H,24,25)/t16-,17-,19-/m1/s1. The second kappa shape index (κ2) is 12.0. The molecule has 3 atom stereocenters. The lowest BCUT2D eigenvalue weighted by Gasteiger charge is -2.17. The first kappa shape index (κ1) is 21.6. The monoisotopic (exact) mass is 352 g/mol. The maximum atomic E-state index is 12.1. The van der Waals surface area contributed by atoms with E-state index in [2.05, 4.69) is 6.92 Å². The number of ketones is 2. The Balaban J connectivity index is 2.40. The molecule has 0 spiro atoms. The van der Waals surface area contributed by atoms with Gasteiger partial charge in [-0.05, 0) is 25.3 Å². The van der Waals surface area contributed by atoms with E-state index in [4.69, 9.17) is 5.11 Å².